The summed E-state index contributed by atoms with van der Waals surface area (Å²) in [4.78, 5) is 21.9. The molecule has 0 aromatic heterocycles. The summed E-state index contributed by atoms with van der Waals surface area (Å²) >= 11 is 0. The Kier molecular flexibility index (Phi) is 4.00. The van der Waals surface area contributed by atoms with Gasteiger partial charge in [0.05, 0.1) is 0 Å². The highest BCUT2D eigenvalue weighted by Crippen LogP contribution is 2.10. The van der Waals surface area contributed by atoms with Crippen LogP contribution in [0.5, 0.6) is 0 Å². The van der Waals surface area contributed by atoms with Crippen molar-refractivity contribution in [2.45, 2.75) is 19.8 Å². The summed E-state index contributed by atoms with van der Waals surface area (Å²) in [5, 5.41) is 8.52. The van der Waals surface area contributed by atoms with Gasteiger partial charge in [-0.1, -0.05) is 30.8 Å². The Bertz CT molecular complexity index is 415. The third-order valence-corrected chi connectivity index (χ3v) is 2.23. The molecule has 0 aliphatic carbocycles. The van der Waals surface area contributed by atoms with E-state index in [4.69, 9.17) is 5.11 Å². The number of carboxylic acids is 1. The Morgan fingerprint density at radius 3 is 2.25 bits per heavy atom. The summed E-state index contributed by atoms with van der Waals surface area (Å²) in [6, 6.07) is 6.96. The highest BCUT2D eigenvalue weighted by Gasteiger charge is 2.06. The molecule has 1 aromatic carbocycles. The fourth-order valence-electron chi connectivity index (χ4n) is 1.32. The molecule has 3 heteroatoms. The smallest absolute Gasteiger partial charge is 0.303 e. The molecule has 1 aromatic rings. The zero-order valence-electron chi connectivity index (χ0n) is 9.19. The van der Waals surface area contributed by atoms with Crippen molar-refractivity contribution >= 4 is 11.8 Å². The van der Waals surface area contributed by atoms with Crippen LogP contribution in [0.1, 0.15) is 29.3 Å². The number of carbonyl (C=O) groups excluding carboxylic acids is 1. The number of benzene rings is 1. The molecular weight excluding hydrogens is 204 g/mol. The number of ketones is 1. The quantitative estimate of drug-likeness (QED) is 0.610. The van der Waals surface area contributed by atoms with Crippen LogP contribution in [0.2, 0.25) is 0 Å². The predicted molar refractivity (Wildman–Crippen MR) is 61.5 cm³/mol. The lowest BCUT2D eigenvalue weighted by molar-refractivity contribution is -0.136. The zero-order valence-corrected chi connectivity index (χ0v) is 9.19. The van der Waals surface area contributed by atoms with Crippen LogP contribution in [0.3, 0.4) is 0 Å². The average Bonchev–Trinajstić information content (AvgIpc) is 2.26. The first-order valence-corrected chi connectivity index (χ1v) is 5.01. The SMILES string of the molecule is C=C(C)C(=O)c1ccc(CCC(=O)O)cc1. The first-order chi connectivity index (χ1) is 7.50. The summed E-state index contributed by atoms with van der Waals surface area (Å²) in [6.45, 7) is 5.25. The molecule has 1 rings (SSSR count). The minimum absolute atomic E-state index is 0.0789. The maximum absolute atomic E-state index is 11.5. The maximum atomic E-state index is 11.5. The van der Waals surface area contributed by atoms with Crippen molar-refractivity contribution in [1.82, 2.24) is 0 Å². The zero-order chi connectivity index (χ0) is 12.1. The van der Waals surface area contributed by atoms with Gasteiger partial charge in [-0.15, -0.1) is 0 Å². The second-order valence-electron chi connectivity index (χ2n) is 3.70. The third-order valence-electron chi connectivity index (χ3n) is 2.23. The summed E-state index contributed by atoms with van der Waals surface area (Å²) in [6.07, 6.45) is 0.588. The molecule has 1 N–H and O–H groups in total. The molecule has 0 fully saturated rings. The largest absolute Gasteiger partial charge is 0.481 e. The molecular formula is C13H14O3. The number of Topliss-reactive ketones (excluding diaryl/α,β-unsaturated/α-hetero) is 1. The lowest BCUT2D eigenvalue weighted by Gasteiger charge is -2.02. The lowest BCUT2D eigenvalue weighted by Crippen LogP contribution is -2.01. The van der Waals surface area contributed by atoms with Gasteiger partial charge in [-0.05, 0) is 24.5 Å². The van der Waals surface area contributed by atoms with Gasteiger partial charge < -0.3 is 5.11 Å². The van der Waals surface area contributed by atoms with E-state index >= 15 is 0 Å². The minimum atomic E-state index is -0.818. The molecule has 0 heterocycles. The van der Waals surface area contributed by atoms with Gasteiger partial charge in [-0.2, -0.15) is 0 Å². The van der Waals surface area contributed by atoms with E-state index in [9.17, 15) is 9.59 Å². The van der Waals surface area contributed by atoms with Crippen LogP contribution in [-0.4, -0.2) is 16.9 Å². The van der Waals surface area contributed by atoms with E-state index in [1.54, 1.807) is 31.2 Å². The van der Waals surface area contributed by atoms with Crippen LogP contribution in [0.25, 0.3) is 0 Å². The second kappa shape index (κ2) is 5.26. The number of carboxylic acid groups (broad SMARTS) is 1. The van der Waals surface area contributed by atoms with Gasteiger partial charge in [0.1, 0.15) is 0 Å². The van der Waals surface area contributed by atoms with Gasteiger partial charge in [0.25, 0.3) is 0 Å². The molecule has 0 bridgehead atoms. The fraction of sp³-hybridized carbons (Fsp3) is 0.231. The number of aryl methyl sites for hydroxylation is 1. The van der Waals surface area contributed by atoms with Crippen LogP contribution in [0.4, 0.5) is 0 Å². The van der Waals surface area contributed by atoms with Gasteiger partial charge >= 0.3 is 5.97 Å². The van der Waals surface area contributed by atoms with Crippen LogP contribution in [-0.2, 0) is 11.2 Å². The van der Waals surface area contributed by atoms with E-state index in [-0.39, 0.29) is 12.2 Å². The van der Waals surface area contributed by atoms with Crippen molar-refractivity contribution in [3.63, 3.8) is 0 Å². The summed E-state index contributed by atoms with van der Waals surface area (Å²) in [5.74, 6) is -0.896. The number of carbonyl (C=O) groups is 2. The van der Waals surface area contributed by atoms with Crippen molar-refractivity contribution in [2.75, 3.05) is 0 Å². The number of rotatable bonds is 5. The lowest BCUT2D eigenvalue weighted by atomic mass is 10.0. The van der Waals surface area contributed by atoms with Crippen LogP contribution in [0, 0.1) is 0 Å². The Balaban J connectivity index is 2.71. The van der Waals surface area contributed by atoms with Crippen molar-refractivity contribution < 1.29 is 14.7 Å². The molecule has 0 saturated carbocycles. The van der Waals surface area contributed by atoms with Crippen LogP contribution in [0.15, 0.2) is 36.4 Å². The molecule has 0 atom stereocenters. The Morgan fingerprint density at radius 1 is 1.25 bits per heavy atom. The molecule has 84 valence electrons. The van der Waals surface area contributed by atoms with Crippen molar-refractivity contribution in [3.05, 3.63) is 47.5 Å². The van der Waals surface area contributed by atoms with Crippen LogP contribution < -0.4 is 0 Å². The first-order valence-electron chi connectivity index (χ1n) is 5.01. The third kappa shape index (κ3) is 3.35. The van der Waals surface area contributed by atoms with Gasteiger partial charge in [0.2, 0.25) is 0 Å². The monoisotopic (exact) mass is 218 g/mol. The minimum Gasteiger partial charge on any atom is -0.481 e. The standard InChI is InChI=1S/C13H14O3/c1-9(2)13(16)11-6-3-10(4-7-11)5-8-12(14)15/h3-4,6-7H,1,5,8H2,2H3,(H,14,15). The van der Waals surface area contributed by atoms with E-state index in [0.717, 1.165) is 5.56 Å². The number of allylic oxidation sites excluding steroid dienone is 1. The average molecular weight is 218 g/mol. The molecule has 0 amide bonds. The van der Waals surface area contributed by atoms with Gasteiger partial charge in [-0.25, -0.2) is 0 Å². The van der Waals surface area contributed by atoms with Crippen molar-refractivity contribution in [2.24, 2.45) is 0 Å². The van der Waals surface area contributed by atoms with Gasteiger partial charge in [0.15, 0.2) is 5.78 Å². The second-order valence-corrected chi connectivity index (χ2v) is 3.70. The number of hydrogen-bond donors (Lipinski definition) is 1. The maximum Gasteiger partial charge on any atom is 0.303 e. The van der Waals surface area contributed by atoms with Crippen LogP contribution >= 0.6 is 0 Å². The normalized spacial score (nSPS) is 9.81. The van der Waals surface area contributed by atoms with Crippen molar-refractivity contribution in [1.29, 1.82) is 0 Å². The number of hydrogen-bond acceptors (Lipinski definition) is 2. The molecule has 3 nitrogen and oxygen atoms in total. The predicted octanol–water partition coefficient (Wildman–Crippen LogP) is 2.46. The van der Waals surface area contributed by atoms with E-state index < -0.39 is 5.97 Å². The van der Waals surface area contributed by atoms with E-state index in [1.807, 2.05) is 0 Å². The molecule has 0 aliphatic heterocycles. The molecule has 0 saturated heterocycles. The van der Waals surface area contributed by atoms with E-state index in [0.29, 0.717) is 17.6 Å². The first kappa shape index (κ1) is 12.2. The Hall–Kier alpha value is -1.90. The molecule has 0 spiro atoms. The Labute approximate surface area is 94.4 Å². The Morgan fingerprint density at radius 2 is 1.81 bits per heavy atom. The highest BCUT2D eigenvalue weighted by molar-refractivity contribution is 6.07. The molecule has 0 radical (unpaired) electrons. The molecule has 0 aliphatic rings. The van der Waals surface area contributed by atoms with E-state index in [2.05, 4.69) is 6.58 Å². The summed E-state index contributed by atoms with van der Waals surface area (Å²) in [5.41, 5.74) is 2.01. The fourth-order valence-corrected chi connectivity index (χ4v) is 1.32. The summed E-state index contributed by atoms with van der Waals surface area (Å²) in [7, 11) is 0. The molecule has 16 heavy (non-hydrogen) atoms. The van der Waals surface area contributed by atoms with Crippen molar-refractivity contribution in [3.8, 4) is 0 Å². The number of aliphatic carboxylic acids is 1. The topological polar surface area (TPSA) is 54.4 Å². The van der Waals surface area contributed by atoms with Gasteiger partial charge in [0, 0.05) is 12.0 Å². The van der Waals surface area contributed by atoms with E-state index in [1.165, 1.54) is 0 Å². The summed E-state index contributed by atoms with van der Waals surface area (Å²) < 4.78 is 0. The molecule has 0 unspecified atom stereocenters. The highest BCUT2D eigenvalue weighted by atomic mass is 16.4. The van der Waals surface area contributed by atoms with Gasteiger partial charge in [-0.3, -0.25) is 9.59 Å².